The number of piperidine rings is 1. The van der Waals surface area contributed by atoms with Gasteiger partial charge in [-0.1, -0.05) is 57.2 Å². The Labute approximate surface area is 685 Å². The zero-order valence-electron chi connectivity index (χ0n) is 69.2. The van der Waals surface area contributed by atoms with E-state index < -0.39 is 48.1 Å². The number of alkyl carbamates (subject to hydrolysis) is 1. The van der Waals surface area contributed by atoms with E-state index in [1.165, 1.54) is 11.2 Å². The van der Waals surface area contributed by atoms with Gasteiger partial charge in [0.05, 0.1) is 63.2 Å². The number of carbonyl (C=O) groups excluding carboxylic acids is 8. The average Bonchev–Trinajstić information content (AvgIpc) is 1.61. The number of cyclic esters (lactones) is 1. The highest BCUT2D eigenvalue weighted by Crippen LogP contribution is 2.36. The average molecular weight is 1620 g/mol. The van der Waals surface area contributed by atoms with Crippen molar-refractivity contribution in [1.29, 1.82) is 0 Å². The van der Waals surface area contributed by atoms with Crippen molar-refractivity contribution in [3.05, 3.63) is 90.1 Å². The topological polar surface area (TPSA) is 409 Å². The van der Waals surface area contributed by atoms with E-state index in [1.54, 1.807) is 47.1 Å². The first-order chi connectivity index (χ1) is 56.4. The number of methoxy groups -OCH3 is 1. The summed E-state index contributed by atoms with van der Waals surface area (Å²) in [6.45, 7) is 14.6. The van der Waals surface area contributed by atoms with Crippen molar-refractivity contribution in [2.75, 3.05) is 116 Å². The largest absolute Gasteiger partial charge is 0.461 e. The van der Waals surface area contributed by atoms with E-state index >= 15 is 0 Å². The SMILES string of the molecule is CO[C@H]1CC2CCCC(O2)C(=O)C(=O)N2CCCC[C@H]2C(=O)O[C@H](CCC2CCC(OC(=O)NCc3cnc(N4CCN(C(=O)CN(C)CC(=O)NCCOCCOCCC(=O)NCCCCn5nc(-c6ccc7oc(N)nc7c6)c6c(N)ncnc65)CC4)nc3)CC2)CC[C@H](C)/C=C(\C)[C@@H](O)CC(=O)[C@H](C)C[C@H](C)/C=C/C=CC=C1C. The number of rotatable bonds is 27. The molecule has 117 heavy (non-hydrogen) atoms. The number of nitrogen functional groups attached to an aromatic ring is 2. The van der Waals surface area contributed by atoms with Gasteiger partial charge in [0.25, 0.3) is 11.9 Å². The van der Waals surface area contributed by atoms with Crippen LogP contribution in [0.25, 0.3) is 33.4 Å². The molecule has 5 amide bonds. The number of aromatic nitrogens is 7. The molecule has 1 saturated carbocycles. The maximum Gasteiger partial charge on any atom is 0.407 e. The zero-order valence-corrected chi connectivity index (χ0v) is 69.2. The zero-order chi connectivity index (χ0) is 83.3. The number of aliphatic hydroxyl groups excluding tert-OH is 1. The number of oxazole rings is 1. The summed E-state index contributed by atoms with van der Waals surface area (Å²) in [5.41, 5.74) is 17.5. The molecule has 4 fully saturated rings. The first-order valence-corrected chi connectivity index (χ1v) is 41.9. The Morgan fingerprint density at radius 2 is 1.52 bits per heavy atom. The predicted molar refractivity (Wildman–Crippen MR) is 440 cm³/mol. The highest BCUT2D eigenvalue weighted by atomic mass is 16.6. The number of nitrogens with one attached hydrogen (secondary N) is 3. The number of amides is 5. The van der Waals surface area contributed by atoms with Crippen LogP contribution in [0.4, 0.5) is 22.6 Å². The highest BCUT2D eigenvalue weighted by molar-refractivity contribution is 6.38. The van der Waals surface area contributed by atoms with Crippen molar-refractivity contribution < 1.29 is 76.3 Å². The molecule has 2 unspecified atom stereocenters. The number of aliphatic hydroxyl groups is 1. The van der Waals surface area contributed by atoms with Crippen LogP contribution in [0.15, 0.2) is 88.9 Å². The summed E-state index contributed by atoms with van der Waals surface area (Å²) < 4.78 is 43.0. The Balaban J connectivity index is 0.581. The molecule has 3 saturated heterocycles. The van der Waals surface area contributed by atoms with Gasteiger partial charge in [0, 0.05) is 115 Å². The quantitative estimate of drug-likeness (QED) is 0.0124. The molecule has 0 spiro atoms. The molecule has 1 aromatic carbocycles. The van der Waals surface area contributed by atoms with E-state index in [4.69, 9.17) is 49.4 Å². The number of allylic oxidation sites excluding steroid dienone is 6. The predicted octanol–water partition coefficient (Wildman–Crippen LogP) is 8.49. The van der Waals surface area contributed by atoms with Gasteiger partial charge in [-0.3, -0.25) is 33.7 Å². The van der Waals surface area contributed by atoms with Crippen LogP contribution in [0.2, 0.25) is 0 Å². The number of fused-ring (bicyclic) bond motifs is 5. The van der Waals surface area contributed by atoms with Crippen LogP contribution in [-0.2, 0) is 75.1 Å². The summed E-state index contributed by atoms with van der Waals surface area (Å²) in [6.07, 6.45) is 24.6. The number of esters is 1. The van der Waals surface area contributed by atoms with Gasteiger partial charge in [-0.15, -0.1) is 0 Å². The molecule has 8 heterocycles. The number of ether oxygens (including phenoxy) is 6. The number of nitrogens with two attached hydrogens (primary N) is 2. The van der Waals surface area contributed by atoms with Crippen molar-refractivity contribution >= 4 is 87.2 Å². The lowest BCUT2D eigenvalue weighted by Gasteiger charge is -2.36. The number of anilines is 3. The number of hydrogen-bond acceptors (Lipinski definition) is 26. The number of nitrogens with zero attached hydrogens (tertiary/aromatic N) is 11. The molecule has 638 valence electrons. The second-order valence-electron chi connectivity index (χ2n) is 32.1. The third kappa shape index (κ3) is 27.5. The maximum absolute atomic E-state index is 14.5. The first kappa shape index (κ1) is 89.7. The van der Waals surface area contributed by atoms with Crippen LogP contribution in [0.3, 0.4) is 0 Å². The van der Waals surface area contributed by atoms with E-state index in [1.807, 2.05) is 75.1 Å². The van der Waals surface area contributed by atoms with Gasteiger partial charge in [-0.25, -0.2) is 34.2 Å². The Bertz CT molecular complexity index is 4240. The van der Waals surface area contributed by atoms with Gasteiger partial charge >= 0.3 is 12.1 Å². The van der Waals surface area contributed by atoms with E-state index in [2.05, 4.69) is 53.9 Å². The lowest BCUT2D eigenvalue weighted by molar-refractivity contribution is -0.167. The van der Waals surface area contributed by atoms with E-state index in [9.17, 15) is 43.5 Å². The fraction of sp³-hybridized carbons (Fsp3) is 0.624. The van der Waals surface area contributed by atoms with Crippen LogP contribution in [0.5, 0.6) is 0 Å². The minimum atomic E-state index is -0.933. The molecule has 4 aromatic heterocycles. The van der Waals surface area contributed by atoms with Crippen LogP contribution in [-0.4, -0.2) is 244 Å². The van der Waals surface area contributed by atoms with Crippen molar-refractivity contribution in [1.82, 2.24) is 65.4 Å². The number of benzene rings is 1. The maximum atomic E-state index is 14.5. The molecular formula is C85H122N16O16. The summed E-state index contributed by atoms with van der Waals surface area (Å²) in [5, 5.41) is 25.3. The fourth-order valence-electron chi connectivity index (χ4n) is 15.9. The van der Waals surface area contributed by atoms with Crippen LogP contribution in [0.1, 0.15) is 169 Å². The van der Waals surface area contributed by atoms with Crippen molar-refractivity contribution in [3.63, 3.8) is 0 Å². The third-order valence-corrected chi connectivity index (χ3v) is 22.7. The second-order valence-corrected chi connectivity index (χ2v) is 32.1. The number of hydrogen-bond donors (Lipinski definition) is 6. The van der Waals surface area contributed by atoms with Gasteiger partial charge in [-0.2, -0.15) is 10.1 Å². The molecule has 5 aliphatic rings. The molecule has 9 atom stereocenters. The smallest absolute Gasteiger partial charge is 0.407 e. The van der Waals surface area contributed by atoms with Gasteiger partial charge in [0.15, 0.2) is 11.2 Å². The van der Waals surface area contributed by atoms with Crippen LogP contribution in [0, 0.1) is 23.7 Å². The highest BCUT2D eigenvalue weighted by Gasteiger charge is 2.42. The lowest BCUT2D eigenvalue weighted by Crippen LogP contribution is -2.54. The summed E-state index contributed by atoms with van der Waals surface area (Å²) in [7, 11) is 3.37. The molecule has 32 heteroatoms. The Kier molecular flexibility index (Phi) is 34.8. The molecule has 5 aromatic rings. The van der Waals surface area contributed by atoms with Gasteiger partial charge in [-0.05, 0) is 177 Å². The summed E-state index contributed by atoms with van der Waals surface area (Å²) >= 11 is 0. The summed E-state index contributed by atoms with van der Waals surface area (Å²) in [5.74, 6) is -1.40. The molecule has 10 rings (SSSR count). The van der Waals surface area contributed by atoms with Gasteiger partial charge in [0.2, 0.25) is 29.5 Å². The van der Waals surface area contributed by atoms with Crippen LogP contribution >= 0.6 is 0 Å². The van der Waals surface area contributed by atoms with Crippen molar-refractivity contribution in [2.45, 2.75) is 219 Å². The number of unbranched alkanes of at least 4 members (excludes halogenated alkanes) is 1. The number of piperazine rings is 1. The Hall–Kier alpha value is -9.60. The number of ketones is 2. The molecule has 8 N–H and O–H groups in total. The third-order valence-electron chi connectivity index (χ3n) is 22.7. The molecule has 1 aliphatic carbocycles. The Morgan fingerprint density at radius 3 is 2.30 bits per heavy atom. The molecule has 4 aliphatic heterocycles. The molecule has 0 radical (unpaired) electrons. The van der Waals surface area contributed by atoms with Gasteiger partial charge in [0.1, 0.15) is 53.5 Å². The van der Waals surface area contributed by atoms with Crippen LogP contribution < -0.4 is 32.3 Å². The number of carbonyl (C=O) groups is 8. The first-order valence-electron chi connectivity index (χ1n) is 41.9. The van der Waals surface area contributed by atoms with E-state index in [-0.39, 0.29) is 143 Å². The second kappa shape index (κ2) is 45.4. The number of likely N-dealkylation sites (N-methyl/N-ethyl adjacent to an activating group) is 1. The summed E-state index contributed by atoms with van der Waals surface area (Å²) in [6, 6.07) is 4.62. The van der Waals surface area contributed by atoms with E-state index in [0.29, 0.717) is 180 Å². The van der Waals surface area contributed by atoms with Gasteiger partial charge < -0.3 is 80.1 Å². The molecule has 2 bridgehead atoms. The molecular weight excluding hydrogens is 1500 g/mol. The minimum absolute atomic E-state index is 0.00297. The lowest BCUT2D eigenvalue weighted by atomic mass is 9.83. The standard InChI is InChI=1S/C85H122N16O16/c1-55-16-9-8-10-17-57(3)72(111-7)47-65-18-15-20-71(114-65)78(107)81(108)100-34-13-11-19-67(100)82(109)115-63(26-21-56(2)45-59(5)69(103)48-68(102)58(4)44-55)27-22-60-23-28-64(29-24-60)116-85(110)92-51-61-49-90-84(91-50-61)99-38-36-98(37-39-99)75(106)53-97(6)52-74(105)89-33-41-113-43-42-112-40-31-73(104)88-32-12-14-35-101-80-76(79(86)93-54-94-80)77(96-101)62-25-30-70-66(46-62)95-83(87)117-70/h8-10,16-17,25,30,45-46,49-50,54-56,58,60,63-65,67,69,71-72,103H,11-15,18-24,26-29,31-44,47-48,51-53H2,1-7H3,(H2,87,95)(H,88,104)(H,89,105)(H,92,110)(H2,86,93,94)/b10-8?,16-9+,57-17?,59-45+/t55-,56+,58-,60?,63+,64?,65?,67+,69+,71?,72+/m1/s1. The number of Topliss-reactive ketones (excluding diaryl/α,β-unsaturated/α-hetero) is 2. The fourth-order valence-corrected chi connectivity index (χ4v) is 15.9. The summed E-state index contributed by atoms with van der Waals surface area (Å²) in [4.78, 5) is 137. The number of aryl methyl sites for hydroxylation is 1. The van der Waals surface area contributed by atoms with E-state index in [0.717, 1.165) is 36.8 Å². The van der Waals surface area contributed by atoms with Crippen molar-refractivity contribution in [3.8, 4) is 11.3 Å². The normalized spacial score (nSPS) is 24.8. The van der Waals surface area contributed by atoms with Crippen molar-refractivity contribution in [2.24, 2.45) is 23.7 Å². The molecule has 32 nitrogen and oxygen atoms in total. The minimum Gasteiger partial charge on any atom is -0.461 e. The Morgan fingerprint density at radius 1 is 0.752 bits per heavy atom. The monoisotopic (exact) mass is 1620 g/mol.